The quantitative estimate of drug-likeness (QED) is 0.775. The fraction of sp³-hybridized carbons (Fsp3) is 0.409. The van der Waals surface area contributed by atoms with E-state index in [2.05, 4.69) is 31.0 Å². The number of methoxy groups -OCH3 is 1. The van der Waals surface area contributed by atoms with Crippen molar-refractivity contribution in [3.63, 3.8) is 0 Å². The Bertz CT molecular complexity index is 824. The molecule has 1 saturated heterocycles. The minimum atomic E-state index is -0.228. The van der Waals surface area contributed by atoms with Gasteiger partial charge >= 0.3 is 0 Å². The highest BCUT2D eigenvalue weighted by atomic mass is 16.5. The van der Waals surface area contributed by atoms with Crippen molar-refractivity contribution < 1.29 is 9.53 Å². The number of nitrogens with one attached hydrogen (secondary N) is 1. The molecule has 1 aliphatic heterocycles. The fourth-order valence-electron chi connectivity index (χ4n) is 4.02. The van der Waals surface area contributed by atoms with Crippen molar-refractivity contribution in [3.05, 3.63) is 47.5 Å². The summed E-state index contributed by atoms with van der Waals surface area (Å²) in [6.45, 7) is 6.60. The molecule has 5 heteroatoms. The Labute approximate surface area is 161 Å². The van der Waals surface area contributed by atoms with E-state index >= 15 is 0 Å². The van der Waals surface area contributed by atoms with Crippen LogP contribution < -0.4 is 20.7 Å². The molecule has 5 nitrogen and oxygen atoms in total. The molecule has 0 bridgehead atoms. The van der Waals surface area contributed by atoms with Crippen LogP contribution in [0.25, 0.3) is 0 Å². The van der Waals surface area contributed by atoms with Gasteiger partial charge in [-0.1, -0.05) is 12.1 Å². The smallest absolute Gasteiger partial charge is 0.259 e. The number of nitrogen functional groups attached to an aromatic ring is 1. The lowest BCUT2D eigenvalue weighted by atomic mass is 9.95. The summed E-state index contributed by atoms with van der Waals surface area (Å²) in [5.41, 5.74) is 10.2. The summed E-state index contributed by atoms with van der Waals surface area (Å²) < 4.78 is 5.30. The van der Waals surface area contributed by atoms with Crippen molar-refractivity contribution >= 4 is 23.0 Å². The third-order valence-electron chi connectivity index (χ3n) is 5.44. The molecule has 0 spiro atoms. The first-order chi connectivity index (χ1) is 12.9. The maximum Gasteiger partial charge on any atom is 0.259 e. The standard InChI is InChI=1S/C22H29N3O2/c1-14-12-18(23)19(13-20(14)25-15(2)8-7-9-16(25)3)24-22(26)17-10-5-6-11-21(17)27-4/h5-6,10-13,15-16H,7-9,23H2,1-4H3,(H,24,26)/t15-,16-/m1/s1. The van der Waals surface area contributed by atoms with Crippen LogP contribution in [0.3, 0.4) is 0 Å². The second-order valence-electron chi connectivity index (χ2n) is 7.42. The second-order valence-corrected chi connectivity index (χ2v) is 7.42. The van der Waals surface area contributed by atoms with Crippen LogP contribution in [0.4, 0.5) is 17.1 Å². The molecular formula is C22H29N3O2. The SMILES string of the molecule is COc1ccccc1C(=O)Nc1cc(N2[C@H](C)CCC[C@H]2C)c(C)cc1N. The molecule has 0 aromatic heterocycles. The zero-order valence-electron chi connectivity index (χ0n) is 16.6. The molecular weight excluding hydrogens is 338 g/mol. The first kappa shape index (κ1) is 19.1. The molecule has 2 atom stereocenters. The number of para-hydroxylation sites is 1. The molecule has 1 amide bonds. The normalized spacial score (nSPS) is 19.6. The van der Waals surface area contributed by atoms with Gasteiger partial charge in [-0.15, -0.1) is 0 Å². The van der Waals surface area contributed by atoms with E-state index in [1.165, 1.54) is 19.3 Å². The summed E-state index contributed by atoms with van der Waals surface area (Å²) >= 11 is 0. The van der Waals surface area contributed by atoms with Crippen molar-refractivity contribution in [2.45, 2.75) is 52.1 Å². The number of amides is 1. The van der Waals surface area contributed by atoms with Gasteiger partial charge in [-0.2, -0.15) is 0 Å². The van der Waals surface area contributed by atoms with E-state index in [9.17, 15) is 4.79 Å². The number of carbonyl (C=O) groups excluding carboxylic acids is 1. The van der Waals surface area contributed by atoms with Crippen LogP contribution in [0.15, 0.2) is 36.4 Å². The van der Waals surface area contributed by atoms with Crippen LogP contribution in [0, 0.1) is 6.92 Å². The first-order valence-electron chi connectivity index (χ1n) is 9.55. The fourth-order valence-corrected chi connectivity index (χ4v) is 4.02. The molecule has 0 aliphatic carbocycles. The van der Waals surface area contributed by atoms with E-state index in [1.54, 1.807) is 19.2 Å². The number of carbonyl (C=O) groups is 1. The highest BCUT2D eigenvalue weighted by molar-refractivity contribution is 6.07. The van der Waals surface area contributed by atoms with Gasteiger partial charge in [-0.05, 0) is 69.9 Å². The van der Waals surface area contributed by atoms with Crippen molar-refractivity contribution in [2.75, 3.05) is 23.1 Å². The molecule has 27 heavy (non-hydrogen) atoms. The predicted octanol–water partition coefficient (Wildman–Crippen LogP) is 4.61. The van der Waals surface area contributed by atoms with Gasteiger partial charge in [-0.3, -0.25) is 4.79 Å². The summed E-state index contributed by atoms with van der Waals surface area (Å²) in [6, 6.07) is 12.1. The predicted molar refractivity (Wildman–Crippen MR) is 112 cm³/mol. The van der Waals surface area contributed by atoms with Crippen LogP contribution in [-0.2, 0) is 0 Å². The summed E-state index contributed by atoms with van der Waals surface area (Å²) in [6.07, 6.45) is 3.61. The summed E-state index contributed by atoms with van der Waals surface area (Å²) in [5.74, 6) is 0.313. The van der Waals surface area contributed by atoms with Gasteiger partial charge in [-0.25, -0.2) is 0 Å². The molecule has 2 aromatic rings. The van der Waals surface area contributed by atoms with Crippen molar-refractivity contribution in [2.24, 2.45) is 0 Å². The zero-order chi connectivity index (χ0) is 19.6. The molecule has 1 aliphatic rings. The van der Waals surface area contributed by atoms with Crippen LogP contribution in [0.2, 0.25) is 0 Å². The Morgan fingerprint density at radius 3 is 2.52 bits per heavy atom. The van der Waals surface area contributed by atoms with Gasteiger partial charge in [0.15, 0.2) is 0 Å². The summed E-state index contributed by atoms with van der Waals surface area (Å²) in [5, 5.41) is 2.97. The Morgan fingerprint density at radius 2 is 1.85 bits per heavy atom. The van der Waals surface area contributed by atoms with Crippen LogP contribution in [0.1, 0.15) is 49.0 Å². The number of hydrogen-bond donors (Lipinski definition) is 2. The monoisotopic (exact) mass is 367 g/mol. The number of nitrogens with zero attached hydrogens (tertiary/aromatic N) is 1. The van der Waals surface area contributed by atoms with E-state index in [1.807, 2.05) is 24.3 Å². The average Bonchev–Trinajstić information content (AvgIpc) is 2.64. The molecule has 2 aromatic carbocycles. The van der Waals surface area contributed by atoms with Crippen LogP contribution >= 0.6 is 0 Å². The number of aryl methyl sites for hydroxylation is 1. The van der Waals surface area contributed by atoms with Gasteiger partial charge in [0.1, 0.15) is 5.75 Å². The lowest BCUT2D eigenvalue weighted by Crippen LogP contribution is -2.44. The van der Waals surface area contributed by atoms with Gasteiger partial charge in [0, 0.05) is 17.8 Å². The van der Waals surface area contributed by atoms with Gasteiger partial charge in [0.05, 0.1) is 24.0 Å². The van der Waals surface area contributed by atoms with Gasteiger partial charge in [0.25, 0.3) is 5.91 Å². The lowest BCUT2D eigenvalue weighted by Gasteiger charge is -2.42. The number of hydrogen-bond acceptors (Lipinski definition) is 4. The Hall–Kier alpha value is -2.69. The van der Waals surface area contributed by atoms with Crippen LogP contribution in [-0.4, -0.2) is 25.1 Å². The molecule has 0 saturated carbocycles. The minimum Gasteiger partial charge on any atom is -0.496 e. The minimum absolute atomic E-state index is 0.228. The molecule has 1 heterocycles. The number of benzene rings is 2. The van der Waals surface area contributed by atoms with Crippen molar-refractivity contribution in [3.8, 4) is 5.75 Å². The van der Waals surface area contributed by atoms with Gasteiger partial charge in [0.2, 0.25) is 0 Å². The number of rotatable bonds is 4. The van der Waals surface area contributed by atoms with Crippen LogP contribution in [0.5, 0.6) is 5.75 Å². The molecule has 3 rings (SSSR count). The third-order valence-corrected chi connectivity index (χ3v) is 5.44. The maximum absolute atomic E-state index is 12.8. The first-order valence-corrected chi connectivity index (χ1v) is 9.55. The van der Waals surface area contributed by atoms with Crippen molar-refractivity contribution in [1.82, 2.24) is 0 Å². The third kappa shape index (κ3) is 3.87. The highest BCUT2D eigenvalue weighted by Crippen LogP contribution is 2.36. The topological polar surface area (TPSA) is 67.6 Å². The largest absolute Gasteiger partial charge is 0.496 e. The van der Waals surface area contributed by atoms with E-state index in [4.69, 9.17) is 10.5 Å². The van der Waals surface area contributed by atoms with E-state index in [0.717, 1.165) is 11.3 Å². The molecule has 1 fully saturated rings. The highest BCUT2D eigenvalue weighted by Gasteiger charge is 2.27. The number of anilines is 3. The molecule has 0 unspecified atom stereocenters. The molecule has 3 N–H and O–H groups in total. The lowest BCUT2D eigenvalue weighted by molar-refractivity contribution is 0.102. The Kier molecular flexibility index (Phi) is 5.59. The maximum atomic E-state index is 12.8. The van der Waals surface area contributed by atoms with E-state index in [0.29, 0.717) is 34.8 Å². The number of ether oxygens (including phenoxy) is 1. The summed E-state index contributed by atoms with van der Waals surface area (Å²) in [4.78, 5) is 15.2. The number of nitrogens with two attached hydrogens (primary N) is 1. The summed E-state index contributed by atoms with van der Waals surface area (Å²) in [7, 11) is 1.56. The second kappa shape index (κ2) is 7.91. The average molecular weight is 367 g/mol. The van der Waals surface area contributed by atoms with Gasteiger partial charge < -0.3 is 20.7 Å². The Balaban J connectivity index is 1.93. The number of piperidine rings is 1. The van der Waals surface area contributed by atoms with E-state index in [-0.39, 0.29) is 5.91 Å². The zero-order valence-corrected chi connectivity index (χ0v) is 16.6. The molecule has 0 radical (unpaired) electrons. The Morgan fingerprint density at radius 1 is 1.19 bits per heavy atom. The molecule has 144 valence electrons. The van der Waals surface area contributed by atoms with Crippen molar-refractivity contribution in [1.29, 1.82) is 0 Å². The van der Waals surface area contributed by atoms with E-state index < -0.39 is 0 Å².